The summed E-state index contributed by atoms with van der Waals surface area (Å²) in [4.78, 5) is 6.99. The number of hydrogen-bond donors (Lipinski definition) is 1. The first-order chi connectivity index (χ1) is 6.73. The SMILES string of the molecule is CC(CN=[N+]=[N-])(OO)c1ccccc1. The summed E-state index contributed by atoms with van der Waals surface area (Å²) < 4.78 is 0. The molecule has 1 N–H and O–H groups in total. The monoisotopic (exact) mass is 193 g/mol. The fourth-order valence-electron chi connectivity index (χ4n) is 1.13. The Morgan fingerprint density at radius 1 is 1.50 bits per heavy atom. The number of rotatable bonds is 4. The fraction of sp³-hybridized carbons (Fsp3) is 0.333. The summed E-state index contributed by atoms with van der Waals surface area (Å²) in [6.45, 7) is 1.70. The van der Waals surface area contributed by atoms with Gasteiger partial charge in [-0.2, -0.15) is 0 Å². The highest BCUT2D eigenvalue weighted by molar-refractivity contribution is 5.22. The molecule has 1 aromatic rings. The Morgan fingerprint density at radius 2 is 2.14 bits per heavy atom. The summed E-state index contributed by atoms with van der Waals surface area (Å²) in [5.74, 6) is 0. The Labute approximate surface area is 81.5 Å². The first-order valence-electron chi connectivity index (χ1n) is 4.12. The van der Waals surface area contributed by atoms with E-state index in [-0.39, 0.29) is 6.54 Å². The van der Waals surface area contributed by atoms with E-state index in [4.69, 9.17) is 10.8 Å². The van der Waals surface area contributed by atoms with E-state index in [1.807, 2.05) is 18.2 Å². The van der Waals surface area contributed by atoms with Gasteiger partial charge in [-0.3, -0.25) is 5.26 Å². The van der Waals surface area contributed by atoms with Crippen molar-refractivity contribution in [3.8, 4) is 0 Å². The highest BCUT2D eigenvalue weighted by atomic mass is 17.1. The summed E-state index contributed by atoms with van der Waals surface area (Å²) in [6.07, 6.45) is 0. The molecule has 0 aliphatic carbocycles. The van der Waals surface area contributed by atoms with Gasteiger partial charge in [-0.05, 0) is 18.0 Å². The van der Waals surface area contributed by atoms with Crippen molar-refractivity contribution in [2.24, 2.45) is 5.11 Å². The molecule has 0 saturated carbocycles. The maximum atomic E-state index is 8.78. The Morgan fingerprint density at radius 3 is 2.64 bits per heavy atom. The third-order valence-electron chi connectivity index (χ3n) is 2.02. The van der Waals surface area contributed by atoms with Crippen molar-refractivity contribution in [3.05, 3.63) is 46.3 Å². The molecule has 0 aromatic heterocycles. The Balaban J connectivity index is 2.95. The van der Waals surface area contributed by atoms with Gasteiger partial charge in [0.1, 0.15) is 5.60 Å². The summed E-state index contributed by atoms with van der Waals surface area (Å²) in [6, 6.07) is 9.09. The van der Waals surface area contributed by atoms with Gasteiger partial charge in [0, 0.05) is 4.91 Å². The van der Waals surface area contributed by atoms with Crippen LogP contribution in [0.15, 0.2) is 35.4 Å². The summed E-state index contributed by atoms with van der Waals surface area (Å²) in [5.41, 5.74) is 7.97. The van der Waals surface area contributed by atoms with Crippen molar-refractivity contribution in [1.29, 1.82) is 0 Å². The van der Waals surface area contributed by atoms with Crippen molar-refractivity contribution < 1.29 is 10.1 Å². The van der Waals surface area contributed by atoms with Crippen LogP contribution in [-0.4, -0.2) is 11.8 Å². The summed E-state index contributed by atoms with van der Waals surface area (Å²) in [5, 5.41) is 12.2. The van der Waals surface area contributed by atoms with Crippen molar-refractivity contribution in [2.45, 2.75) is 12.5 Å². The maximum absolute atomic E-state index is 8.78. The second-order valence-electron chi connectivity index (χ2n) is 3.08. The summed E-state index contributed by atoms with van der Waals surface area (Å²) in [7, 11) is 0. The summed E-state index contributed by atoms with van der Waals surface area (Å²) >= 11 is 0. The molecule has 0 spiro atoms. The van der Waals surface area contributed by atoms with Gasteiger partial charge in [0.2, 0.25) is 0 Å². The predicted molar refractivity (Wildman–Crippen MR) is 51.5 cm³/mol. The first kappa shape index (κ1) is 10.5. The molecular weight excluding hydrogens is 182 g/mol. The molecule has 0 amide bonds. The van der Waals surface area contributed by atoms with Crippen LogP contribution in [0.4, 0.5) is 0 Å². The van der Waals surface area contributed by atoms with E-state index in [1.165, 1.54) is 0 Å². The van der Waals surface area contributed by atoms with Gasteiger partial charge >= 0.3 is 0 Å². The lowest BCUT2D eigenvalue weighted by molar-refractivity contribution is -0.320. The van der Waals surface area contributed by atoms with Crippen molar-refractivity contribution >= 4 is 0 Å². The van der Waals surface area contributed by atoms with Gasteiger partial charge in [0.05, 0.1) is 6.54 Å². The molecule has 74 valence electrons. The Kier molecular flexibility index (Phi) is 3.48. The smallest absolute Gasteiger partial charge is 0.131 e. The molecule has 1 atom stereocenters. The average Bonchev–Trinajstić information content (AvgIpc) is 2.27. The van der Waals surface area contributed by atoms with Gasteiger partial charge < -0.3 is 0 Å². The van der Waals surface area contributed by atoms with Crippen LogP contribution in [-0.2, 0) is 10.5 Å². The predicted octanol–water partition coefficient (Wildman–Crippen LogP) is 2.70. The second-order valence-corrected chi connectivity index (χ2v) is 3.08. The molecule has 0 aliphatic heterocycles. The van der Waals surface area contributed by atoms with Crippen LogP contribution in [0.3, 0.4) is 0 Å². The van der Waals surface area contributed by atoms with Gasteiger partial charge in [0.25, 0.3) is 0 Å². The quantitative estimate of drug-likeness (QED) is 0.262. The van der Waals surface area contributed by atoms with Gasteiger partial charge in [-0.1, -0.05) is 35.4 Å². The van der Waals surface area contributed by atoms with E-state index in [0.29, 0.717) is 0 Å². The van der Waals surface area contributed by atoms with Crippen LogP contribution >= 0.6 is 0 Å². The highest BCUT2D eigenvalue weighted by Crippen LogP contribution is 2.24. The average molecular weight is 193 g/mol. The minimum absolute atomic E-state index is 0.0456. The van der Waals surface area contributed by atoms with Crippen molar-refractivity contribution in [3.63, 3.8) is 0 Å². The lowest BCUT2D eigenvalue weighted by Crippen LogP contribution is -2.27. The molecule has 0 fully saturated rings. The van der Waals surface area contributed by atoms with Crippen LogP contribution < -0.4 is 0 Å². The molecule has 5 nitrogen and oxygen atoms in total. The highest BCUT2D eigenvalue weighted by Gasteiger charge is 2.26. The van der Waals surface area contributed by atoms with Crippen LogP contribution in [0, 0.1) is 0 Å². The van der Waals surface area contributed by atoms with Crippen molar-refractivity contribution in [1.82, 2.24) is 0 Å². The number of azide groups is 1. The minimum atomic E-state index is -0.979. The van der Waals surface area contributed by atoms with Crippen LogP contribution in [0.5, 0.6) is 0 Å². The number of hydrogen-bond acceptors (Lipinski definition) is 3. The first-order valence-corrected chi connectivity index (χ1v) is 4.12. The third kappa shape index (κ3) is 2.23. The molecule has 0 heterocycles. The molecule has 5 heteroatoms. The maximum Gasteiger partial charge on any atom is 0.131 e. The van der Waals surface area contributed by atoms with Crippen LogP contribution in [0.25, 0.3) is 10.4 Å². The zero-order chi connectivity index (χ0) is 10.4. The molecule has 0 bridgehead atoms. The van der Waals surface area contributed by atoms with E-state index < -0.39 is 5.60 Å². The van der Waals surface area contributed by atoms with E-state index in [2.05, 4.69) is 14.9 Å². The minimum Gasteiger partial charge on any atom is -0.251 e. The molecule has 1 unspecified atom stereocenters. The third-order valence-corrected chi connectivity index (χ3v) is 2.02. The molecule has 0 radical (unpaired) electrons. The van der Waals surface area contributed by atoms with Gasteiger partial charge in [0.15, 0.2) is 0 Å². The zero-order valence-electron chi connectivity index (χ0n) is 7.79. The topological polar surface area (TPSA) is 78.2 Å². The molecular formula is C9H11N3O2. The molecule has 0 saturated heterocycles. The van der Waals surface area contributed by atoms with E-state index >= 15 is 0 Å². The largest absolute Gasteiger partial charge is 0.251 e. The Bertz CT molecular complexity index is 335. The number of nitrogens with zero attached hydrogens (tertiary/aromatic N) is 3. The molecule has 14 heavy (non-hydrogen) atoms. The number of benzene rings is 1. The lowest BCUT2D eigenvalue weighted by Gasteiger charge is -2.23. The van der Waals surface area contributed by atoms with E-state index in [0.717, 1.165) is 5.56 Å². The van der Waals surface area contributed by atoms with Gasteiger partial charge in [-0.25, -0.2) is 4.89 Å². The second kappa shape index (κ2) is 4.62. The van der Waals surface area contributed by atoms with Crippen LogP contribution in [0.1, 0.15) is 12.5 Å². The molecule has 1 rings (SSSR count). The standard InChI is InChI=1S/C9H11N3O2/c1-9(14-13,7-11-12-10)8-5-3-2-4-6-8/h2-6,13H,7H2,1H3. The van der Waals surface area contributed by atoms with E-state index in [1.54, 1.807) is 19.1 Å². The van der Waals surface area contributed by atoms with E-state index in [9.17, 15) is 0 Å². The van der Waals surface area contributed by atoms with Gasteiger partial charge in [-0.15, -0.1) is 0 Å². The van der Waals surface area contributed by atoms with Crippen LogP contribution in [0.2, 0.25) is 0 Å². The fourth-order valence-corrected chi connectivity index (χ4v) is 1.13. The lowest BCUT2D eigenvalue weighted by atomic mass is 9.96. The Hall–Kier alpha value is -1.55. The van der Waals surface area contributed by atoms with Crippen molar-refractivity contribution in [2.75, 3.05) is 6.54 Å². The molecule has 0 aliphatic rings. The molecule has 1 aromatic carbocycles. The normalized spacial score (nSPS) is 14.1. The zero-order valence-corrected chi connectivity index (χ0v) is 7.79.